The summed E-state index contributed by atoms with van der Waals surface area (Å²) in [6, 6.07) is 15.0. The van der Waals surface area contributed by atoms with Crippen LogP contribution in [0.2, 0.25) is 0 Å². The van der Waals surface area contributed by atoms with Crippen LogP contribution in [0.5, 0.6) is 11.5 Å². The molecule has 0 aromatic heterocycles. The van der Waals surface area contributed by atoms with Gasteiger partial charge in [-0.3, -0.25) is 4.79 Å². The highest BCUT2D eigenvalue weighted by atomic mass is 16.5. The standard InChI is InChI=1S/C21H25NO3/c1-5-13-24-17-10-8-9-16(14-17)22-20(23)15-25-19-12-7-6-11-18(19)21(2,3)4/h5-12,14H,1,13,15H2,2-4H3,(H,22,23). The van der Waals surface area contributed by atoms with Crippen molar-refractivity contribution >= 4 is 11.6 Å². The predicted molar refractivity (Wildman–Crippen MR) is 101 cm³/mol. The van der Waals surface area contributed by atoms with E-state index in [1.165, 1.54) is 0 Å². The molecule has 0 aliphatic carbocycles. The summed E-state index contributed by atoms with van der Waals surface area (Å²) in [7, 11) is 0. The lowest BCUT2D eigenvalue weighted by atomic mass is 9.86. The highest BCUT2D eigenvalue weighted by molar-refractivity contribution is 5.92. The predicted octanol–water partition coefficient (Wildman–Crippen LogP) is 4.57. The highest BCUT2D eigenvalue weighted by Gasteiger charge is 2.18. The molecule has 0 saturated heterocycles. The fourth-order valence-electron chi connectivity index (χ4n) is 2.37. The Morgan fingerprint density at radius 2 is 1.88 bits per heavy atom. The molecule has 1 N–H and O–H groups in total. The second-order valence-electron chi connectivity index (χ2n) is 6.71. The Morgan fingerprint density at radius 1 is 1.12 bits per heavy atom. The monoisotopic (exact) mass is 339 g/mol. The molecule has 132 valence electrons. The molecule has 0 unspecified atom stereocenters. The van der Waals surface area contributed by atoms with Crippen LogP contribution < -0.4 is 14.8 Å². The molecule has 2 aromatic rings. The van der Waals surface area contributed by atoms with Gasteiger partial charge in [0.25, 0.3) is 5.91 Å². The number of rotatable bonds is 7. The van der Waals surface area contributed by atoms with Gasteiger partial charge in [0.1, 0.15) is 18.1 Å². The Hall–Kier alpha value is -2.75. The topological polar surface area (TPSA) is 47.6 Å². The number of ether oxygens (including phenoxy) is 2. The molecule has 0 atom stereocenters. The molecule has 2 rings (SSSR count). The van der Waals surface area contributed by atoms with Crippen molar-refractivity contribution in [3.63, 3.8) is 0 Å². The Balaban J connectivity index is 1.97. The van der Waals surface area contributed by atoms with Crippen molar-refractivity contribution in [2.24, 2.45) is 0 Å². The van der Waals surface area contributed by atoms with Gasteiger partial charge >= 0.3 is 0 Å². The molecule has 0 radical (unpaired) electrons. The summed E-state index contributed by atoms with van der Waals surface area (Å²) in [5, 5.41) is 2.82. The number of benzene rings is 2. The van der Waals surface area contributed by atoms with Gasteiger partial charge in [-0.2, -0.15) is 0 Å². The number of amides is 1. The smallest absolute Gasteiger partial charge is 0.262 e. The van der Waals surface area contributed by atoms with E-state index in [0.29, 0.717) is 18.0 Å². The molecule has 0 spiro atoms. The lowest BCUT2D eigenvalue weighted by Crippen LogP contribution is -2.22. The number of nitrogens with one attached hydrogen (secondary N) is 1. The van der Waals surface area contributed by atoms with Crippen LogP contribution in [-0.2, 0) is 10.2 Å². The molecule has 0 heterocycles. The number of anilines is 1. The third-order valence-electron chi connectivity index (χ3n) is 3.54. The average molecular weight is 339 g/mol. The molecule has 25 heavy (non-hydrogen) atoms. The quantitative estimate of drug-likeness (QED) is 0.752. The third kappa shape index (κ3) is 5.68. The van der Waals surface area contributed by atoms with E-state index in [1.54, 1.807) is 12.1 Å². The summed E-state index contributed by atoms with van der Waals surface area (Å²) < 4.78 is 11.2. The van der Waals surface area contributed by atoms with E-state index < -0.39 is 0 Å². The lowest BCUT2D eigenvalue weighted by molar-refractivity contribution is -0.118. The number of carbonyl (C=O) groups is 1. The second kappa shape index (κ2) is 8.38. The normalized spacial score (nSPS) is 10.8. The maximum Gasteiger partial charge on any atom is 0.262 e. The lowest BCUT2D eigenvalue weighted by Gasteiger charge is -2.22. The molecule has 0 saturated carbocycles. The van der Waals surface area contributed by atoms with Gasteiger partial charge in [0.2, 0.25) is 0 Å². The van der Waals surface area contributed by atoms with Gasteiger partial charge in [-0.15, -0.1) is 0 Å². The van der Waals surface area contributed by atoms with E-state index in [-0.39, 0.29) is 17.9 Å². The highest BCUT2D eigenvalue weighted by Crippen LogP contribution is 2.30. The number of para-hydroxylation sites is 1. The van der Waals surface area contributed by atoms with Crippen molar-refractivity contribution in [2.45, 2.75) is 26.2 Å². The van der Waals surface area contributed by atoms with Crippen LogP contribution >= 0.6 is 0 Å². The number of hydrogen-bond donors (Lipinski definition) is 1. The minimum atomic E-state index is -0.218. The molecule has 0 aliphatic rings. The summed E-state index contributed by atoms with van der Waals surface area (Å²) in [6.07, 6.45) is 1.67. The minimum Gasteiger partial charge on any atom is -0.489 e. The SMILES string of the molecule is C=CCOc1cccc(NC(=O)COc2ccccc2C(C)(C)C)c1. The molecule has 4 heteroatoms. The fourth-order valence-corrected chi connectivity index (χ4v) is 2.37. The van der Waals surface area contributed by atoms with E-state index in [9.17, 15) is 4.79 Å². The van der Waals surface area contributed by atoms with Crippen LogP contribution in [0, 0.1) is 0 Å². The summed E-state index contributed by atoms with van der Waals surface area (Å²) in [5.74, 6) is 1.19. The van der Waals surface area contributed by atoms with Crippen LogP contribution in [0.4, 0.5) is 5.69 Å². The van der Waals surface area contributed by atoms with Gasteiger partial charge in [-0.25, -0.2) is 0 Å². The molecule has 4 nitrogen and oxygen atoms in total. The first-order valence-electron chi connectivity index (χ1n) is 8.26. The Kier molecular flexibility index (Phi) is 6.23. The summed E-state index contributed by atoms with van der Waals surface area (Å²) >= 11 is 0. The summed E-state index contributed by atoms with van der Waals surface area (Å²) in [4.78, 5) is 12.2. The first kappa shape index (κ1) is 18.6. The molecular weight excluding hydrogens is 314 g/mol. The summed E-state index contributed by atoms with van der Waals surface area (Å²) in [5.41, 5.74) is 1.69. The Morgan fingerprint density at radius 3 is 2.60 bits per heavy atom. The van der Waals surface area contributed by atoms with Crippen molar-refractivity contribution < 1.29 is 14.3 Å². The molecule has 0 bridgehead atoms. The van der Waals surface area contributed by atoms with Gasteiger partial charge < -0.3 is 14.8 Å². The van der Waals surface area contributed by atoms with Crippen LogP contribution in [0.25, 0.3) is 0 Å². The van der Waals surface area contributed by atoms with Crippen molar-refractivity contribution in [3.8, 4) is 11.5 Å². The van der Waals surface area contributed by atoms with Crippen molar-refractivity contribution in [3.05, 3.63) is 66.7 Å². The number of hydrogen-bond acceptors (Lipinski definition) is 3. The van der Waals surface area contributed by atoms with E-state index in [4.69, 9.17) is 9.47 Å². The zero-order valence-electron chi connectivity index (χ0n) is 15.0. The molecule has 2 aromatic carbocycles. The van der Waals surface area contributed by atoms with Crippen molar-refractivity contribution in [1.29, 1.82) is 0 Å². The maximum atomic E-state index is 12.2. The van der Waals surface area contributed by atoms with Crippen LogP contribution in [-0.4, -0.2) is 19.1 Å². The van der Waals surface area contributed by atoms with Gasteiger partial charge in [-0.1, -0.05) is 57.7 Å². The third-order valence-corrected chi connectivity index (χ3v) is 3.54. The van der Waals surface area contributed by atoms with Crippen molar-refractivity contribution in [2.75, 3.05) is 18.5 Å². The van der Waals surface area contributed by atoms with Gasteiger partial charge in [0.15, 0.2) is 6.61 Å². The summed E-state index contributed by atoms with van der Waals surface area (Å²) in [6.45, 7) is 10.3. The molecular formula is C21H25NO3. The van der Waals surface area contributed by atoms with E-state index in [0.717, 1.165) is 11.3 Å². The van der Waals surface area contributed by atoms with Gasteiger partial charge in [0, 0.05) is 11.8 Å². The number of carbonyl (C=O) groups excluding carboxylic acids is 1. The molecule has 0 fully saturated rings. The first-order chi connectivity index (χ1) is 11.9. The first-order valence-corrected chi connectivity index (χ1v) is 8.26. The van der Waals surface area contributed by atoms with Gasteiger partial charge in [0.05, 0.1) is 0 Å². The van der Waals surface area contributed by atoms with Crippen LogP contribution in [0.1, 0.15) is 26.3 Å². The Bertz CT molecular complexity index is 732. The van der Waals surface area contributed by atoms with E-state index >= 15 is 0 Å². The van der Waals surface area contributed by atoms with E-state index in [1.807, 2.05) is 42.5 Å². The van der Waals surface area contributed by atoms with Crippen molar-refractivity contribution in [1.82, 2.24) is 0 Å². The molecule has 1 amide bonds. The van der Waals surface area contributed by atoms with E-state index in [2.05, 4.69) is 32.7 Å². The second-order valence-corrected chi connectivity index (χ2v) is 6.71. The fraction of sp³-hybridized carbons (Fsp3) is 0.286. The zero-order valence-corrected chi connectivity index (χ0v) is 15.0. The van der Waals surface area contributed by atoms with Crippen LogP contribution in [0.3, 0.4) is 0 Å². The maximum absolute atomic E-state index is 12.2. The van der Waals surface area contributed by atoms with Crippen LogP contribution in [0.15, 0.2) is 61.2 Å². The average Bonchev–Trinajstić information content (AvgIpc) is 2.58. The Labute approximate surface area is 149 Å². The molecule has 0 aliphatic heterocycles. The van der Waals surface area contributed by atoms with Gasteiger partial charge in [-0.05, 0) is 29.2 Å². The minimum absolute atomic E-state index is 0.0508. The largest absolute Gasteiger partial charge is 0.489 e. The zero-order chi connectivity index (χ0) is 18.3.